The van der Waals surface area contributed by atoms with Crippen LogP contribution in [0.2, 0.25) is 0 Å². The Balaban J connectivity index is 2.64. The third kappa shape index (κ3) is 2.42. The highest BCUT2D eigenvalue weighted by Gasteiger charge is 2.55. The van der Waals surface area contributed by atoms with Crippen molar-refractivity contribution >= 4 is 0 Å². The molecule has 2 aromatic carbocycles. The molecule has 0 aliphatic carbocycles. The first kappa shape index (κ1) is 14.6. The van der Waals surface area contributed by atoms with E-state index in [0.717, 1.165) is 7.11 Å². The number of benzene rings is 2. The van der Waals surface area contributed by atoms with Crippen LogP contribution in [0.3, 0.4) is 0 Å². The molecule has 0 bridgehead atoms. The Kier molecular flexibility index (Phi) is 3.83. The summed E-state index contributed by atoms with van der Waals surface area (Å²) in [7, 11) is 0.954. The molecule has 106 valence electrons. The predicted octanol–water partition coefficient (Wildman–Crippen LogP) is 3.67. The monoisotopic (exact) mass is 281 g/mol. The Morgan fingerprint density at radius 3 is 2.00 bits per heavy atom. The van der Waals surface area contributed by atoms with E-state index in [0.29, 0.717) is 11.1 Å². The van der Waals surface area contributed by atoms with Crippen LogP contribution in [0.15, 0.2) is 54.6 Å². The first-order chi connectivity index (χ1) is 9.40. The number of nitrogens with two attached hydrogens (primary N) is 1. The van der Waals surface area contributed by atoms with Gasteiger partial charge in [0.15, 0.2) is 0 Å². The molecule has 20 heavy (non-hydrogen) atoms. The summed E-state index contributed by atoms with van der Waals surface area (Å²) in [5, 5.41) is 0. The van der Waals surface area contributed by atoms with Gasteiger partial charge in [0.25, 0.3) is 0 Å². The van der Waals surface area contributed by atoms with Crippen LogP contribution in [0.25, 0.3) is 11.1 Å². The van der Waals surface area contributed by atoms with E-state index in [4.69, 9.17) is 5.73 Å². The minimum Gasteiger partial charge on any atom is -0.352 e. The van der Waals surface area contributed by atoms with Crippen LogP contribution in [0.5, 0.6) is 0 Å². The average molecular weight is 281 g/mol. The summed E-state index contributed by atoms with van der Waals surface area (Å²) in [5.41, 5.74) is 3.59. The molecule has 1 atom stereocenters. The van der Waals surface area contributed by atoms with E-state index in [1.54, 1.807) is 42.5 Å². The first-order valence-electron chi connectivity index (χ1n) is 5.96. The van der Waals surface area contributed by atoms with E-state index in [1.165, 1.54) is 12.1 Å². The SMILES string of the molecule is COC(N)(c1ccccc1-c1ccccc1)C(F)(F)F. The minimum atomic E-state index is -4.72. The van der Waals surface area contributed by atoms with Crippen molar-refractivity contribution in [1.82, 2.24) is 0 Å². The highest BCUT2D eigenvalue weighted by atomic mass is 19.4. The number of ether oxygens (including phenoxy) is 1. The maximum absolute atomic E-state index is 13.2. The molecule has 0 fully saturated rings. The molecule has 2 N–H and O–H groups in total. The molecular weight excluding hydrogens is 267 g/mol. The van der Waals surface area contributed by atoms with Gasteiger partial charge in [-0.1, -0.05) is 54.6 Å². The molecule has 0 heterocycles. The van der Waals surface area contributed by atoms with Crippen LogP contribution in [0.4, 0.5) is 13.2 Å². The Morgan fingerprint density at radius 1 is 0.900 bits per heavy atom. The van der Waals surface area contributed by atoms with Gasteiger partial charge in [-0.2, -0.15) is 13.2 Å². The Morgan fingerprint density at radius 2 is 1.45 bits per heavy atom. The zero-order chi connectivity index (χ0) is 14.8. The second-order valence-corrected chi connectivity index (χ2v) is 4.35. The van der Waals surface area contributed by atoms with Gasteiger partial charge in [-0.15, -0.1) is 0 Å². The lowest BCUT2D eigenvalue weighted by Crippen LogP contribution is -2.52. The van der Waals surface area contributed by atoms with Crippen molar-refractivity contribution in [2.24, 2.45) is 5.73 Å². The molecule has 0 aromatic heterocycles. The molecule has 0 aliphatic rings. The van der Waals surface area contributed by atoms with Crippen LogP contribution in [-0.4, -0.2) is 13.3 Å². The summed E-state index contributed by atoms with van der Waals surface area (Å²) in [5.74, 6) is 0. The fourth-order valence-electron chi connectivity index (χ4n) is 2.05. The third-order valence-corrected chi connectivity index (χ3v) is 3.16. The summed E-state index contributed by atoms with van der Waals surface area (Å²) >= 11 is 0. The van der Waals surface area contributed by atoms with E-state index in [9.17, 15) is 13.2 Å². The zero-order valence-corrected chi connectivity index (χ0v) is 10.8. The molecule has 2 nitrogen and oxygen atoms in total. The van der Waals surface area contributed by atoms with Gasteiger partial charge in [0.2, 0.25) is 5.72 Å². The van der Waals surface area contributed by atoms with E-state index in [1.807, 2.05) is 0 Å². The summed E-state index contributed by atoms with van der Waals surface area (Å²) in [6.45, 7) is 0. The molecule has 0 amide bonds. The lowest BCUT2D eigenvalue weighted by Gasteiger charge is -2.32. The summed E-state index contributed by atoms with van der Waals surface area (Å²) in [6, 6.07) is 14.9. The van der Waals surface area contributed by atoms with E-state index in [2.05, 4.69) is 4.74 Å². The molecule has 2 aromatic rings. The number of rotatable bonds is 3. The molecule has 0 spiro atoms. The number of methoxy groups -OCH3 is 1. The number of halogens is 3. The lowest BCUT2D eigenvalue weighted by atomic mass is 9.92. The van der Waals surface area contributed by atoms with Crippen molar-refractivity contribution in [2.75, 3.05) is 7.11 Å². The van der Waals surface area contributed by atoms with Crippen LogP contribution in [0.1, 0.15) is 5.56 Å². The normalized spacial score (nSPS) is 14.8. The van der Waals surface area contributed by atoms with Crippen molar-refractivity contribution in [1.29, 1.82) is 0 Å². The smallest absolute Gasteiger partial charge is 0.352 e. The minimum absolute atomic E-state index is 0.110. The van der Waals surface area contributed by atoms with Gasteiger partial charge in [0, 0.05) is 12.7 Å². The second kappa shape index (κ2) is 5.26. The highest BCUT2D eigenvalue weighted by Crippen LogP contribution is 2.41. The van der Waals surface area contributed by atoms with Gasteiger partial charge in [-0.3, -0.25) is 5.73 Å². The van der Waals surface area contributed by atoms with Gasteiger partial charge < -0.3 is 4.74 Å². The van der Waals surface area contributed by atoms with Crippen molar-refractivity contribution < 1.29 is 17.9 Å². The van der Waals surface area contributed by atoms with E-state index >= 15 is 0 Å². The fraction of sp³-hybridized carbons (Fsp3) is 0.200. The van der Waals surface area contributed by atoms with Crippen molar-refractivity contribution in [3.05, 3.63) is 60.2 Å². The van der Waals surface area contributed by atoms with Crippen LogP contribution in [-0.2, 0) is 10.5 Å². The standard InChI is InChI=1S/C15H14F3NO/c1-20-14(19,15(16,17)18)13-10-6-5-9-12(13)11-7-3-2-4-8-11/h2-10H,19H2,1H3. The summed E-state index contributed by atoms with van der Waals surface area (Å²) < 4.78 is 44.3. The number of alkyl halides is 3. The third-order valence-electron chi connectivity index (χ3n) is 3.16. The van der Waals surface area contributed by atoms with Crippen molar-refractivity contribution in [3.63, 3.8) is 0 Å². The zero-order valence-electron chi connectivity index (χ0n) is 10.8. The topological polar surface area (TPSA) is 35.2 Å². The number of hydrogen-bond donors (Lipinski definition) is 1. The van der Waals surface area contributed by atoms with Crippen LogP contribution >= 0.6 is 0 Å². The molecule has 1 unspecified atom stereocenters. The van der Waals surface area contributed by atoms with Crippen LogP contribution in [0, 0.1) is 0 Å². The lowest BCUT2D eigenvalue weighted by molar-refractivity contribution is -0.274. The Bertz CT molecular complexity index is 583. The van der Waals surface area contributed by atoms with E-state index < -0.39 is 11.9 Å². The maximum atomic E-state index is 13.2. The largest absolute Gasteiger partial charge is 0.435 e. The van der Waals surface area contributed by atoms with Gasteiger partial charge in [0.1, 0.15) is 0 Å². The van der Waals surface area contributed by atoms with Crippen molar-refractivity contribution in [3.8, 4) is 11.1 Å². The molecule has 0 aliphatic heterocycles. The maximum Gasteiger partial charge on any atom is 0.435 e. The quantitative estimate of drug-likeness (QED) is 0.871. The molecule has 5 heteroatoms. The molecule has 0 radical (unpaired) electrons. The van der Waals surface area contributed by atoms with Gasteiger partial charge in [-0.25, -0.2) is 0 Å². The van der Waals surface area contributed by atoms with Gasteiger partial charge in [0.05, 0.1) is 0 Å². The predicted molar refractivity (Wildman–Crippen MR) is 70.8 cm³/mol. The Labute approximate surface area is 115 Å². The van der Waals surface area contributed by atoms with Gasteiger partial charge >= 0.3 is 6.18 Å². The fourth-order valence-corrected chi connectivity index (χ4v) is 2.05. The second-order valence-electron chi connectivity index (χ2n) is 4.35. The van der Waals surface area contributed by atoms with Crippen LogP contribution < -0.4 is 5.73 Å². The molecular formula is C15H14F3NO. The molecule has 0 saturated heterocycles. The Hall–Kier alpha value is -1.85. The summed E-state index contributed by atoms with van der Waals surface area (Å²) in [4.78, 5) is 0. The van der Waals surface area contributed by atoms with E-state index in [-0.39, 0.29) is 5.56 Å². The number of hydrogen-bond acceptors (Lipinski definition) is 2. The highest BCUT2D eigenvalue weighted by molar-refractivity contribution is 5.68. The molecule has 2 rings (SSSR count). The first-order valence-corrected chi connectivity index (χ1v) is 5.96. The van der Waals surface area contributed by atoms with Gasteiger partial charge in [-0.05, 0) is 11.1 Å². The van der Waals surface area contributed by atoms with Crippen molar-refractivity contribution in [2.45, 2.75) is 11.9 Å². The molecule has 0 saturated carbocycles. The average Bonchev–Trinajstić information content (AvgIpc) is 2.46. The summed E-state index contributed by atoms with van der Waals surface area (Å²) in [6.07, 6.45) is -4.72.